The Morgan fingerprint density at radius 3 is 1.58 bits per heavy atom. The fraction of sp³-hybridized carbons (Fsp3) is 0.833. The molecule has 0 unspecified atom stereocenters. The zero-order valence-corrected chi connectivity index (χ0v) is 16.9. The molecule has 0 aliphatic rings. The SMILES string of the molecule is CN=C(C)CCOCC(C)(COCCC(=O)NC)COCCC(=O)NC. The number of hydrogen-bond acceptors (Lipinski definition) is 6. The van der Waals surface area contributed by atoms with Crippen LogP contribution in [0.3, 0.4) is 0 Å². The normalized spacial score (nSPS) is 12.1. The van der Waals surface area contributed by atoms with Gasteiger partial charge < -0.3 is 24.8 Å². The molecule has 0 aromatic heterocycles. The quantitative estimate of drug-likeness (QED) is 0.327. The molecule has 2 amide bonds. The van der Waals surface area contributed by atoms with Gasteiger partial charge >= 0.3 is 0 Å². The fourth-order valence-electron chi connectivity index (χ4n) is 1.99. The first-order valence-corrected chi connectivity index (χ1v) is 8.93. The van der Waals surface area contributed by atoms with E-state index in [9.17, 15) is 9.59 Å². The number of rotatable bonds is 15. The number of carbonyl (C=O) groups excluding carboxylic acids is 2. The van der Waals surface area contributed by atoms with Gasteiger partial charge in [-0.2, -0.15) is 0 Å². The Morgan fingerprint density at radius 2 is 1.23 bits per heavy atom. The predicted molar refractivity (Wildman–Crippen MR) is 102 cm³/mol. The van der Waals surface area contributed by atoms with Crippen LogP contribution < -0.4 is 10.6 Å². The summed E-state index contributed by atoms with van der Waals surface area (Å²) in [6.45, 7) is 6.51. The molecule has 0 atom stereocenters. The highest BCUT2D eigenvalue weighted by molar-refractivity contribution is 5.81. The maximum atomic E-state index is 11.3. The summed E-state index contributed by atoms with van der Waals surface area (Å²) in [4.78, 5) is 26.6. The predicted octanol–water partition coefficient (Wildman–Crippen LogP) is 0.796. The molecular weight excluding hydrogens is 338 g/mol. The second-order valence-corrected chi connectivity index (χ2v) is 6.52. The monoisotopic (exact) mass is 373 g/mol. The Bertz CT molecular complexity index is 417. The zero-order valence-electron chi connectivity index (χ0n) is 16.9. The maximum absolute atomic E-state index is 11.3. The van der Waals surface area contributed by atoms with E-state index in [1.54, 1.807) is 21.1 Å². The van der Waals surface area contributed by atoms with Crippen molar-refractivity contribution >= 4 is 17.5 Å². The average molecular weight is 373 g/mol. The minimum absolute atomic E-state index is 0.0564. The smallest absolute Gasteiger partial charge is 0.222 e. The highest BCUT2D eigenvalue weighted by atomic mass is 16.5. The molecule has 0 aromatic rings. The molecule has 0 rings (SSSR count). The summed E-state index contributed by atoms with van der Waals surface area (Å²) < 4.78 is 17.1. The molecule has 26 heavy (non-hydrogen) atoms. The fourth-order valence-corrected chi connectivity index (χ4v) is 1.99. The van der Waals surface area contributed by atoms with Crippen molar-refractivity contribution in [2.75, 3.05) is 60.8 Å². The lowest BCUT2D eigenvalue weighted by molar-refractivity contribution is -0.122. The Labute approximate surface area is 157 Å². The molecule has 8 nitrogen and oxygen atoms in total. The standard InChI is InChI=1S/C18H35N3O5/c1-15(19-3)6-9-24-12-18(2,13-25-10-7-16(22)20-4)14-26-11-8-17(23)21-5/h6-14H2,1-5H3,(H,20,22)(H,21,23). The topological polar surface area (TPSA) is 98.2 Å². The molecule has 0 saturated heterocycles. The highest BCUT2D eigenvalue weighted by Gasteiger charge is 2.26. The van der Waals surface area contributed by atoms with Gasteiger partial charge in [0.1, 0.15) is 0 Å². The molecule has 0 radical (unpaired) electrons. The van der Waals surface area contributed by atoms with Gasteiger partial charge in [0, 0.05) is 51.5 Å². The number of ether oxygens (including phenoxy) is 3. The van der Waals surface area contributed by atoms with Crippen molar-refractivity contribution in [1.29, 1.82) is 0 Å². The maximum Gasteiger partial charge on any atom is 0.222 e. The number of nitrogens with zero attached hydrogens (tertiary/aromatic N) is 1. The summed E-state index contributed by atoms with van der Waals surface area (Å²) in [5.74, 6) is -0.113. The third kappa shape index (κ3) is 12.8. The number of carbonyl (C=O) groups is 2. The minimum Gasteiger partial charge on any atom is -0.380 e. The van der Waals surface area contributed by atoms with Crippen LogP contribution in [-0.4, -0.2) is 78.3 Å². The van der Waals surface area contributed by atoms with E-state index >= 15 is 0 Å². The van der Waals surface area contributed by atoms with E-state index in [1.165, 1.54) is 0 Å². The molecule has 0 spiro atoms. The van der Waals surface area contributed by atoms with Crippen molar-refractivity contribution < 1.29 is 23.8 Å². The second kappa shape index (κ2) is 14.6. The van der Waals surface area contributed by atoms with E-state index < -0.39 is 0 Å². The largest absolute Gasteiger partial charge is 0.380 e. The van der Waals surface area contributed by atoms with Crippen LogP contribution in [0.15, 0.2) is 4.99 Å². The van der Waals surface area contributed by atoms with Gasteiger partial charge in [-0.25, -0.2) is 0 Å². The van der Waals surface area contributed by atoms with E-state index in [1.807, 2.05) is 13.8 Å². The first-order chi connectivity index (χ1) is 12.4. The summed E-state index contributed by atoms with van der Waals surface area (Å²) in [7, 11) is 4.96. The van der Waals surface area contributed by atoms with Gasteiger partial charge in [-0.1, -0.05) is 6.92 Å². The van der Waals surface area contributed by atoms with Gasteiger partial charge in [-0.3, -0.25) is 14.6 Å². The molecule has 0 fully saturated rings. The lowest BCUT2D eigenvalue weighted by Crippen LogP contribution is -2.35. The number of aliphatic imine (C=N–C) groups is 1. The summed E-state index contributed by atoms with van der Waals surface area (Å²) >= 11 is 0. The van der Waals surface area contributed by atoms with Crippen molar-refractivity contribution in [3.05, 3.63) is 0 Å². The van der Waals surface area contributed by atoms with Crippen LogP contribution in [-0.2, 0) is 23.8 Å². The first-order valence-electron chi connectivity index (χ1n) is 8.93. The van der Waals surface area contributed by atoms with Crippen molar-refractivity contribution in [3.63, 3.8) is 0 Å². The lowest BCUT2D eigenvalue weighted by atomic mass is 9.94. The summed E-state index contributed by atoms with van der Waals surface area (Å²) in [6, 6.07) is 0. The molecule has 152 valence electrons. The van der Waals surface area contributed by atoms with E-state index in [0.717, 1.165) is 12.1 Å². The van der Waals surface area contributed by atoms with Crippen molar-refractivity contribution in [3.8, 4) is 0 Å². The number of amides is 2. The van der Waals surface area contributed by atoms with Crippen LogP contribution in [0.5, 0.6) is 0 Å². The molecule has 0 heterocycles. The van der Waals surface area contributed by atoms with Gasteiger partial charge in [0.15, 0.2) is 0 Å². The van der Waals surface area contributed by atoms with Crippen LogP contribution in [0.2, 0.25) is 0 Å². The molecule has 0 aliphatic heterocycles. The number of hydrogen-bond donors (Lipinski definition) is 2. The molecule has 2 N–H and O–H groups in total. The molecular formula is C18H35N3O5. The molecule has 8 heteroatoms. The third-order valence-corrected chi connectivity index (χ3v) is 3.85. The van der Waals surface area contributed by atoms with Gasteiger partial charge in [-0.05, 0) is 6.92 Å². The Kier molecular flexibility index (Phi) is 13.8. The third-order valence-electron chi connectivity index (χ3n) is 3.85. The van der Waals surface area contributed by atoms with Gasteiger partial charge in [0.2, 0.25) is 11.8 Å². The van der Waals surface area contributed by atoms with Gasteiger partial charge in [0.25, 0.3) is 0 Å². The summed E-state index contributed by atoms with van der Waals surface area (Å²) in [6.07, 6.45) is 1.41. The molecule has 0 saturated carbocycles. The van der Waals surface area contributed by atoms with Crippen LogP contribution in [0.4, 0.5) is 0 Å². The average Bonchev–Trinajstić information content (AvgIpc) is 2.65. The van der Waals surface area contributed by atoms with Gasteiger partial charge in [-0.15, -0.1) is 0 Å². The first kappa shape index (κ1) is 24.5. The Balaban J connectivity index is 4.34. The molecule has 0 aromatic carbocycles. The van der Waals surface area contributed by atoms with Crippen molar-refractivity contribution in [1.82, 2.24) is 10.6 Å². The summed E-state index contributed by atoms with van der Waals surface area (Å²) in [5, 5.41) is 5.12. The molecule has 0 aliphatic carbocycles. The summed E-state index contributed by atoms with van der Waals surface area (Å²) in [5.41, 5.74) is 0.679. The second-order valence-electron chi connectivity index (χ2n) is 6.52. The van der Waals surface area contributed by atoms with Gasteiger partial charge in [0.05, 0.1) is 39.6 Å². The lowest BCUT2D eigenvalue weighted by Gasteiger charge is -2.29. The van der Waals surface area contributed by atoms with Crippen molar-refractivity contribution in [2.24, 2.45) is 10.4 Å². The van der Waals surface area contributed by atoms with E-state index in [0.29, 0.717) is 52.5 Å². The van der Waals surface area contributed by atoms with E-state index in [2.05, 4.69) is 15.6 Å². The van der Waals surface area contributed by atoms with Crippen molar-refractivity contribution in [2.45, 2.75) is 33.1 Å². The Morgan fingerprint density at radius 1 is 0.846 bits per heavy atom. The van der Waals surface area contributed by atoms with E-state index in [4.69, 9.17) is 14.2 Å². The highest BCUT2D eigenvalue weighted by Crippen LogP contribution is 2.19. The Hall–Kier alpha value is -1.51. The van der Waals surface area contributed by atoms with Crippen LogP contribution in [0.25, 0.3) is 0 Å². The van der Waals surface area contributed by atoms with Crippen LogP contribution in [0.1, 0.15) is 33.1 Å². The number of nitrogens with one attached hydrogen (secondary N) is 2. The van der Waals surface area contributed by atoms with E-state index in [-0.39, 0.29) is 17.2 Å². The molecule has 0 bridgehead atoms. The van der Waals surface area contributed by atoms with Crippen LogP contribution in [0, 0.1) is 5.41 Å². The zero-order chi connectivity index (χ0) is 19.8. The van der Waals surface area contributed by atoms with Crippen LogP contribution >= 0.6 is 0 Å². The minimum atomic E-state index is -0.358.